The summed E-state index contributed by atoms with van der Waals surface area (Å²) < 4.78 is 5.60. The van der Waals surface area contributed by atoms with Gasteiger partial charge in [-0.05, 0) is 23.8 Å². The van der Waals surface area contributed by atoms with E-state index in [-0.39, 0.29) is 5.15 Å². The molecule has 0 unspecified atom stereocenters. The summed E-state index contributed by atoms with van der Waals surface area (Å²) in [4.78, 5) is 16.5. The molecule has 3 aromatic heterocycles. The standard InChI is InChI=1S/C15H8Cl2N4O/c16-10-5-9-3-8(1-2-11(9)18-6-10)4-12-21-13-14(17)19-7-20-15(13)22-12/h1-3,5-7H,4H2. The first-order valence-corrected chi connectivity index (χ1v) is 7.25. The van der Waals surface area contributed by atoms with E-state index in [1.807, 2.05) is 24.3 Å². The Morgan fingerprint density at radius 2 is 1.95 bits per heavy atom. The minimum Gasteiger partial charge on any atom is -0.422 e. The first kappa shape index (κ1) is 13.4. The highest BCUT2D eigenvalue weighted by Crippen LogP contribution is 2.23. The summed E-state index contributed by atoms with van der Waals surface area (Å²) in [6.45, 7) is 0. The second-order valence-corrected chi connectivity index (χ2v) is 5.58. The Bertz CT molecular complexity index is 999. The molecule has 0 amide bonds. The molecule has 0 bridgehead atoms. The zero-order valence-corrected chi connectivity index (χ0v) is 12.6. The SMILES string of the molecule is Clc1cnc2ccc(Cc3nc4c(Cl)ncnc4o3)cc2c1. The number of halogens is 2. The van der Waals surface area contributed by atoms with Crippen LogP contribution in [0, 0.1) is 0 Å². The molecular formula is C15H8Cl2N4O. The lowest BCUT2D eigenvalue weighted by molar-refractivity contribution is 0.535. The van der Waals surface area contributed by atoms with Crippen molar-refractivity contribution >= 4 is 45.3 Å². The lowest BCUT2D eigenvalue weighted by Gasteiger charge is -2.01. The van der Waals surface area contributed by atoms with Crippen molar-refractivity contribution in [3.8, 4) is 0 Å². The Labute approximate surface area is 134 Å². The van der Waals surface area contributed by atoms with Crippen molar-refractivity contribution in [2.75, 3.05) is 0 Å². The van der Waals surface area contributed by atoms with Gasteiger partial charge >= 0.3 is 0 Å². The lowest BCUT2D eigenvalue weighted by Crippen LogP contribution is -1.89. The Hall–Kier alpha value is -2.24. The molecule has 0 saturated carbocycles. The largest absolute Gasteiger partial charge is 0.422 e. The third kappa shape index (κ3) is 2.38. The van der Waals surface area contributed by atoms with Crippen molar-refractivity contribution in [1.82, 2.24) is 19.9 Å². The number of hydrogen-bond acceptors (Lipinski definition) is 5. The van der Waals surface area contributed by atoms with E-state index in [1.165, 1.54) is 6.33 Å². The first-order valence-electron chi connectivity index (χ1n) is 6.49. The maximum atomic E-state index is 5.98. The maximum Gasteiger partial charge on any atom is 0.251 e. The predicted octanol–water partition coefficient (Wildman–Crippen LogP) is 4.06. The van der Waals surface area contributed by atoms with E-state index in [0.29, 0.717) is 28.6 Å². The molecular weight excluding hydrogens is 323 g/mol. The predicted molar refractivity (Wildman–Crippen MR) is 84.2 cm³/mol. The average Bonchev–Trinajstić information content (AvgIpc) is 2.91. The Morgan fingerprint density at radius 3 is 2.82 bits per heavy atom. The van der Waals surface area contributed by atoms with Crippen LogP contribution < -0.4 is 0 Å². The highest BCUT2D eigenvalue weighted by molar-refractivity contribution is 6.33. The quantitative estimate of drug-likeness (QED) is 0.518. The molecule has 4 rings (SSSR count). The summed E-state index contributed by atoms with van der Waals surface area (Å²) in [5.74, 6) is 0.534. The number of benzene rings is 1. The summed E-state index contributed by atoms with van der Waals surface area (Å²) in [7, 11) is 0. The van der Waals surface area contributed by atoms with Gasteiger partial charge in [-0.15, -0.1) is 0 Å². The molecule has 0 N–H and O–H groups in total. The summed E-state index contributed by atoms with van der Waals surface area (Å²) in [5, 5.41) is 1.86. The van der Waals surface area contributed by atoms with Gasteiger partial charge in [0.05, 0.1) is 10.5 Å². The van der Waals surface area contributed by atoms with Gasteiger partial charge in [0.2, 0.25) is 5.89 Å². The van der Waals surface area contributed by atoms with Gasteiger partial charge in [-0.25, -0.2) is 9.97 Å². The molecule has 0 fully saturated rings. The molecule has 0 aliphatic rings. The minimum atomic E-state index is 0.287. The van der Waals surface area contributed by atoms with Crippen molar-refractivity contribution in [3.05, 3.63) is 58.4 Å². The molecule has 4 aromatic rings. The summed E-state index contributed by atoms with van der Waals surface area (Å²) >= 11 is 12.0. The van der Waals surface area contributed by atoms with Crippen LogP contribution in [0.2, 0.25) is 10.2 Å². The Balaban J connectivity index is 1.73. The molecule has 0 aliphatic carbocycles. The zero-order chi connectivity index (χ0) is 15.1. The number of fused-ring (bicyclic) bond motifs is 2. The second kappa shape index (κ2) is 5.19. The number of pyridine rings is 1. The van der Waals surface area contributed by atoms with E-state index < -0.39 is 0 Å². The smallest absolute Gasteiger partial charge is 0.251 e. The fraction of sp³-hybridized carbons (Fsp3) is 0.0667. The van der Waals surface area contributed by atoms with Crippen molar-refractivity contribution in [2.24, 2.45) is 0 Å². The molecule has 22 heavy (non-hydrogen) atoms. The molecule has 0 saturated heterocycles. The summed E-state index contributed by atoms with van der Waals surface area (Å²) in [6, 6.07) is 7.81. The highest BCUT2D eigenvalue weighted by Gasteiger charge is 2.11. The fourth-order valence-electron chi connectivity index (χ4n) is 2.28. The molecule has 5 nitrogen and oxygen atoms in total. The van der Waals surface area contributed by atoms with Gasteiger partial charge in [-0.3, -0.25) is 4.98 Å². The molecule has 0 spiro atoms. The van der Waals surface area contributed by atoms with Crippen LogP contribution in [-0.2, 0) is 6.42 Å². The van der Waals surface area contributed by atoms with Crippen molar-refractivity contribution in [2.45, 2.75) is 6.42 Å². The number of aromatic nitrogens is 4. The molecule has 3 heterocycles. The van der Waals surface area contributed by atoms with Gasteiger partial charge in [0.25, 0.3) is 5.71 Å². The van der Waals surface area contributed by atoms with Gasteiger partial charge in [-0.2, -0.15) is 4.98 Å². The highest BCUT2D eigenvalue weighted by atomic mass is 35.5. The van der Waals surface area contributed by atoms with Gasteiger partial charge in [0, 0.05) is 18.0 Å². The summed E-state index contributed by atoms with van der Waals surface area (Å²) in [5.41, 5.74) is 2.79. The van der Waals surface area contributed by atoms with Gasteiger partial charge in [-0.1, -0.05) is 29.3 Å². The van der Waals surface area contributed by atoms with Crippen LogP contribution in [0.5, 0.6) is 0 Å². The Kier molecular flexibility index (Phi) is 3.17. The van der Waals surface area contributed by atoms with Crippen LogP contribution in [0.15, 0.2) is 41.2 Å². The van der Waals surface area contributed by atoms with Crippen molar-refractivity contribution in [1.29, 1.82) is 0 Å². The van der Waals surface area contributed by atoms with E-state index in [9.17, 15) is 0 Å². The minimum absolute atomic E-state index is 0.287. The van der Waals surface area contributed by atoms with E-state index >= 15 is 0 Å². The van der Waals surface area contributed by atoms with Crippen molar-refractivity contribution in [3.63, 3.8) is 0 Å². The van der Waals surface area contributed by atoms with Crippen LogP contribution in [0.25, 0.3) is 22.1 Å². The Morgan fingerprint density at radius 1 is 1.05 bits per heavy atom. The average molecular weight is 331 g/mol. The maximum absolute atomic E-state index is 5.98. The number of hydrogen-bond donors (Lipinski definition) is 0. The third-order valence-electron chi connectivity index (χ3n) is 3.26. The third-order valence-corrected chi connectivity index (χ3v) is 3.75. The van der Waals surface area contributed by atoms with Gasteiger partial charge < -0.3 is 4.42 Å². The molecule has 0 aliphatic heterocycles. The molecule has 7 heteroatoms. The summed E-state index contributed by atoms with van der Waals surface area (Å²) in [6.07, 6.45) is 3.50. The van der Waals surface area contributed by atoms with Crippen LogP contribution in [0.1, 0.15) is 11.5 Å². The number of nitrogens with zero attached hydrogens (tertiary/aromatic N) is 4. The van der Waals surface area contributed by atoms with Crippen LogP contribution in [0.4, 0.5) is 0 Å². The van der Waals surface area contributed by atoms with Crippen molar-refractivity contribution < 1.29 is 4.42 Å². The fourth-order valence-corrected chi connectivity index (χ4v) is 2.62. The first-order chi connectivity index (χ1) is 10.7. The van der Waals surface area contributed by atoms with E-state index in [2.05, 4.69) is 19.9 Å². The molecule has 0 atom stereocenters. The van der Waals surface area contributed by atoms with Gasteiger partial charge in [0.1, 0.15) is 6.33 Å². The van der Waals surface area contributed by atoms with E-state index in [1.54, 1.807) is 6.20 Å². The van der Waals surface area contributed by atoms with E-state index in [0.717, 1.165) is 16.5 Å². The number of oxazole rings is 1. The zero-order valence-electron chi connectivity index (χ0n) is 11.1. The van der Waals surface area contributed by atoms with Crippen LogP contribution in [-0.4, -0.2) is 19.9 Å². The second-order valence-electron chi connectivity index (χ2n) is 4.78. The lowest BCUT2D eigenvalue weighted by atomic mass is 10.1. The number of rotatable bonds is 2. The van der Waals surface area contributed by atoms with Crippen LogP contribution >= 0.6 is 23.2 Å². The topological polar surface area (TPSA) is 64.7 Å². The molecule has 1 aromatic carbocycles. The van der Waals surface area contributed by atoms with Crippen LogP contribution in [0.3, 0.4) is 0 Å². The van der Waals surface area contributed by atoms with Gasteiger partial charge in [0.15, 0.2) is 10.7 Å². The monoisotopic (exact) mass is 330 g/mol. The molecule has 108 valence electrons. The normalized spacial score (nSPS) is 11.4. The van der Waals surface area contributed by atoms with E-state index in [4.69, 9.17) is 27.6 Å². The molecule has 0 radical (unpaired) electrons.